The van der Waals surface area contributed by atoms with Crippen LogP contribution >= 0.6 is 45.2 Å². The van der Waals surface area contributed by atoms with Crippen molar-refractivity contribution in [1.82, 2.24) is 5.32 Å². The number of rotatable bonds is 27. The molecule has 3 N–H and O–H groups in total. The number of allylic oxidation sites excluding steroid dienone is 10. The van der Waals surface area contributed by atoms with Crippen molar-refractivity contribution in [3.63, 3.8) is 0 Å². The van der Waals surface area contributed by atoms with E-state index in [0.717, 1.165) is 32.2 Å². The van der Waals surface area contributed by atoms with Crippen LogP contribution in [0.25, 0.3) is 0 Å². The molecule has 0 saturated carbocycles. The summed E-state index contributed by atoms with van der Waals surface area (Å²) in [6, 6.07) is 4.65. The van der Waals surface area contributed by atoms with Crippen molar-refractivity contribution in [2.45, 2.75) is 90.5 Å². The van der Waals surface area contributed by atoms with Gasteiger partial charge in [-0.05, 0) is 109 Å². The van der Waals surface area contributed by atoms with E-state index in [1.165, 1.54) is 35.4 Å². The number of benzene rings is 1. The number of carboxylic acid groups (broad SMARTS) is 1. The number of aliphatic carboxylic acids is 1. The van der Waals surface area contributed by atoms with Crippen LogP contribution in [0.4, 0.5) is 5.69 Å². The fraction of sp³-hybridized carbons (Fsp3) is 0.553. The van der Waals surface area contributed by atoms with Gasteiger partial charge in [0.25, 0.3) is 10.1 Å². The monoisotopic (exact) mass is 1100 g/mol. The van der Waals surface area contributed by atoms with E-state index in [4.69, 9.17) is 19.3 Å². The molecule has 0 aromatic heterocycles. The Bertz CT molecular complexity index is 2040. The van der Waals surface area contributed by atoms with Gasteiger partial charge in [0.05, 0.1) is 63.1 Å². The SMILES string of the molecule is CC1=CC2C(C=C1)[N+](CCCCCC(=O)NCCOCCOCCOCCC(=O)O)=C(/C=C/C=C/C=C/C=C1\N(C)c3cc(I)cc(I)c3C1(C)C)C2(C)CCCCS(=O)(=O)O. The first-order chi connectivity index (χ1) is 29.5. The maximum atomic E-state index is 12.5. The average molecular weight is 1100 g/mol. The largest absolute Gasteiger partial charge is 0.481 e. The average Bonchev–Trinajstić information content (AvgIpc) is 3.53. The van der Waals surface area contributed by atoms with Crippen LogP contribution < -0.4 is 10.2 Å². The topological polar surface area (TPSA) is 155 Å². The third kappa shape index (κ3) is 15.5. The minimum atomic E-state index is -4.03. The lowest BCUT2D eigenvalue weighted by atomic mass is 9.68. The summed E-state index contributed by atoms with van der Waals surface area (Å²) in [6.45, 7) is 12.2. The molecule has 3 atom stereocenters. The van der Waals surface area contributed by atoms with E-state index in [9.17, 15) is 22.6 Å². The number of unbranched alkanes of at least 4 members (excludes halogenated alkanes) is 3. The lowest BCUT2D eigenvalue weighted by Gasteiger charge is -2.29. The van der Waals surface area contributed by atoms with Crippen molar-refractivity contribution in [2.24, 2.45) is 11.3 Å². The first-order valence-electron chi connectivity index (χ1n) is 21.6. The van der Waals surface area contributed by atoms with Gasteiger partial charge in [0.1, 0.15) is 6.54 Å². The van der Waals surface area contributed by atoms with E-state index in [-0.39, 0.29) is 47.5 Å². The Hall–Kier alpha value is -2.68. The van der Waals surface area contributed by atoms with Gasteiger partial charge >= 0.3 is 5.97 Å². The number of carboxylic acids is 1. The van der Waals surface area contributed by atoms with Gasteiger partial charge in [0.2, 0.25) is 5.91 Å². The van der Waals surface area contributed by atoms with Gasteiger partial charge in [0, 0.05) is 62.0 Å². The minimum absolute atomic E-state index is 0.00117. The highest BCUT2D eigenvalue weighted by molar-refractivity contribution is 14.1. The quantitative estimate of drug-likeness (QED) is 0.0257. The Labute approximate surface area is 396 Å². The predicted molar refractivity (Wildman–Crippen MR) is 264 cm³/mol. The van der Waals surface area contributed by atoms with Crippen LogP contribution in [-0.2, 0) is 39.3 Å². The second kappa shape index (κ2) is 25.1. The zero-order valence-corrected chi connectivity index (χ0v) is 42.0. The van der Waals surface area contributed by atoms with Crippen molar-refractivity contribution in [3.8, 4) is 0 Å². The number of carbonyl (C=O) groups excluding carboxylic acids is 1. The molecule has 3 aliphatic rings. The maximum Gasteiger partial charge on any atom is 0.305 e. The van der Waals surface area contributed by atoms with E-state index in [1.54, 1.807) is 0 Å². The zero-order chi connectivity index (χ0) is 45.3. The summed E-state index contributed by atoms with van der Waals surface area (Å²) in [5.74, 6) is -0.926. The third-order valence-corrected chi connectivity index (χ3v) is 14.0. The normalized spacial score (nSPS) is 21.5. The summed E-state index contributed by atoms with van der Waals surface area (Å²) in [5, 5.41) is 11.5. The van der Waals surface area contributed by atoms with Crippen LogP contribution in [0.2, 0.25) is 0 Å². The Kier molecular flexibility index (Phi) is 21.1. The fourth-order valence-corrected chi connectivity index (χ4v) is 11.7. The lowest BCUT2D eigenvalue weighted by molar-refractivity contribution is -0.550. The molecule has 2 heterocycles. The molecule has 0 saturated heterocycles. The van der Waals surface area contributed by atoms with Crippen LogP contribution in [-0.4, -0.2) is 112 Å². The molecule has 1 aromatic rings. The summed E-state index contributed by atoms with van der Waals surface area (Å²) in [5.41, 5.74) is 5.92. The standard InChI is InChI=1S/C47H65I2N3O9S/c1-35-19-20-39-37(32-35)47(4,22-13-15-31-62(56,57)58)42(17-11-8-6-7-10-16-41-46(2,3)45-38(49)33-36(48)34-40(45)51(41)5)52(39)24-14-9-12-18-43(53)50-23-26-60-28-30-61-29-27-59-25-21-44(54)55/h6-8,10-11,16-17,19-20,32-34,37,39H,9,12-15,18,21-31H2,1-5H3,(H2-,50,53,54,55,56,57,58)/p+1. The number of hydrogen-bond donors (Lipinski definition) is 3. The van der Waals surface area contributed by atoms with Crippen molar-refractivity contribution >= 4 is 78.6 Å². The first-order valence-corrected chi connectivity index (χ1v) is 25.4. The number of likely N-dealkylation sites (N-methyl/N-ethyl adjacent to an activating group) is 1. The van der Waals surface area contributed by atoms with E-state index in [2.05, 4.69) is 168 Å². The second-order valence-electron chi connectivity index (χ2n) is 16.8. The fourth-order valence-electron chi connectivity index (χ4n) is 8.68. The molecule has 4 rings (SSSR count). The van der Waals surface area contributed by atoms with Crippen molar-refractivity contribution in [3.05, 3.63) is 96.9 Å². The number of nitrogens with one attached hydrogen (secondary N) is 1. The molecule has 2 aliphatic heterocycles. The summed E-state index contributed by atoms with van der Waals surface area (Å²) in [4.78, 5) is 25.3. The van der Waals surface area contributed by atoms with E-state index in [0.29, 0.717) is 58.8 Å². The summed E-state index contributed by atoms with van der Waals surface area (Å²) in [6.07, 6.45) is 26.5. The number of amides is 1. The molecule has 342 valence electrons. The van der Waals surface area contributed by atoms with Crippen molar-refractivity contribution in [2.75, 3.05) is 70.4 Å². The summed E-state index contributed by atoms with van der Waals surface area (Å²) < 4.78 is 53.6. The molecule has 0 radical (unpaired) electrons. The highest BCUT2D eigenvalue weighted by atomic mass is 127. The number of nitrogens with zero attached hydrogens (tertiary/aromatic N) is 2. The first kappa shape index (κ1) is 51.9. The maximum absolute atomic E-state index is 12.5. The van der Waals surface area contributed by atoms with Gasteiger partial charge in [-0.25, -0.2) is 4.58 Å². The number of fused-ring (bicyclic) bond motifs is 2. The van der Waals surface area contributed by atoms with Crippen LogP contribution in [0, 0.1) is 18.5 Å². The minimum Gasteiger partial charge on any atom is -0.481 e. The van der Waals surface area contributed by atoms with Crippen molar-refractivity contribution in [1.29, 1.82) is 0 Å². The molecule has 15 heteroatoms. The molecule has 0 bridgehead atoms. The number of carbonyl (C=O) groups is 2. The molecule has 1 aliphatic carbocycles. The lowest BCUT2D eigenvalue weighted by Crippen LogP contribution is -2.34. The molecular formula is C47H66I2N3O9S+. The van der Waals surface area contributed by atoms with Gasteiger partial charge in [0.15, 0.2) is 11.8 Å². The molecule has 12 nitrogen and oxygen atoms in total. The molecule has 1 amide bonds. The molecule has 0 fully saturated rings. The van der Waals surface area contributed by atoms with Crippen LogP contribution in [0.5, 0.6) is 0 Å². The van der Waals surface area contributed by atoms with Crippen LogP contribution in [0.15, 0.2) is 84.2 Å². The number of hydrogen-bond acceptors (Lipinski definition) is 8. The third-order valence-electron chi connectivity index (χ3n) is 11.8. The Morgan fingerprint density at radius 3 is 2.29 bits per heavy atom. The Morgan fingerprint density at radius 1 is 0.903 bits per heavy atom. The highest BCUT2D eigenvalue weighted by Crippen LogP contribution is 2.50. The highest BCUT2D eigenvalue weighted by Gasteiger charge is 2.54. The van der Waals surface area contributed by atoms with E-state index >= 15 is 0 Å². The molecular weight excluding hydrogens is 1040 g/mol. The Balaban J connectivity index is 1.34. The second-order valence-corrected chi connectivity index (χ2v) is 20.8. The number of ether oxygens (including phenoxy) is 3. The van der Waals surface area contributed by atoms with Gasteiger partial charge in [-0.2, -0.15) is 8.42 Å². The molecule has 1 aromatic carbocycles. The predicted octanol–water partition coefficient (Wildman–Crippen LogP) is 8.41. The van der Waals surface area contributed by atoms with E-state index in [1.807, 2.05) is 0 Å². The molecule has 62 heavy (non-hydrogen) atoms. The van der Waals surface area contributed by atoms with Gasteiger partial charge in [-0.3, -0.25) is 14.1 Å². The zero-order valence-electron chi connectivity index (χ0n) is 36.9. The summed E-state index contributed by atoms with van der Waals surface area (Å²) in [7, 11) is -1.89. The van der Waals surface area contributed by atoms with E-state index < -0.39 is 16.1 Å². The van der Waals surface area contributed by atoms with Gasteiger partial charge in [-0.15, -0.1) is 0 Å². The van der Waals surface area contributed by atoms with Crippen LogP contribution in [0.3, 0.4) is 0 Å². The molecule has 0 spiro atoms. The summed E-state index contributed by atoms with van der Waals surface area (Å²) >= 11 is 4.84. The van der Waals surface area contributed by atoms with Crippen molar-refractivity contribution < 1.29 is 46.5 Å². The van der Waals surface area contributed by atoms with Crippen LogP contribution in [0.1, 0.15) is 84.6 Å². The number of halogens is 2. The smallest absolute Gasteiger partial charge is 0.305 e. The Morgan fingerprint density at radius 2 is 1.58 bits per heavy atom. The van der Waals surface area contributed by atoms with Gasteiger partial charge in [-0.1, -0.05) is 68.4 Å². The van der Waals surface area contributed by atoms with Gasteiger partial charge < -0.3 is 29.5 Å². The number of anilines is 1. The molecule has 3 unspecified atom stereocenters.